The molecule has 0 fully saturated rings. The largest absolute Gasteiger partial charge is 0.385 e. The van der Waals surface area contributed by atoms with Gasteiger partial charge in [0.2, 0.25) is 0 Å². The number of aromatic nitrogens is 1. The predicted octanol–water partition coefficient (Wildman–Crippen LogP) is 2.26. The molecule has 0 aliphatic carbocycles. The van der Waals surface area contributed by atoms with Crippen molar-refractivity contribution in [2.24, 2.45) is 5.73 Å². The Bertz CT molecular complexity index is 436. The second-order valence-corrected chi connectivity index (χ2v) is 5.11. The molecule has 0 saturated heterocycles. The number of hydrogen-bond donors (Lipinski definition) is 3. The predicted molar refractivity (Wildman–Crippen MR) is 68.9 cm³/mol. The third-order valence-corrected chi connectivity index (χ3v) is 3.53. The summed E-state index contributed by atoms with van der Waals surface area (Å²) in [7, 11) is 0. The third kappa shape index (κ3) is 3.21. The summed E-state index contributed by atoms with van der Waals surface area (Å²) >= 11 is 7.17. The Kier molecular flexibility index (Phi) is 4.32. The molecule has 0 atom stereocenters. The molecule has 0 unspecified atom stereocenters. The quantitative estimate of drug-likeness (QED) is 0.725. The number of hydrogen-bond acceptors (Lipinski definition) is 5. The van der Waals surface area contributed by atoms with Crippen molar-refractivity contribution < 1.29 is 0 Å². The molecule has 4 N–H and O–H groups in total. The summed E-state index contributed by atoms with van der Waals surface area (Å²) in [6, 6.07) is 0. The molecule has 1 aromatic heterocycles. The van der Waals surface area contributed by atoms with Crippen molar-refractivity contribution in [2.45, 2.75) is 27.3 Å². The molecule has 88 valence electrons. The first-order valence-corrected chi connectivity index (χ1v) is 5.98. The van der Waals surface area contributed by atoms with Gasteiger partial charge in [0.15, 0.2) is 0 Å². The van der Waals surface area contributed by atoms with Crippen LogP contribution in [0, 0.1) is 19.3 Å². The SMILES string of the molecule is C/C(C(=N)Cl)=C(/N)NCc1sc(C)nc1C. The summed E-state index contributed by atoms with van der Waals surface area (Å²) in [5.41, 5.74) is 7.32. The minimum atomic E-state index is -0.0396. The molecule has 0 aliphatic rings. The van der Waals surface area contributed by atoms with E-state index in [1.807, 2.05) is 13.8 Å². The van der Waals surface area contributed by atoms with E-state index < -0.39 is 0 Å². The molecular formula is C10H15ClN4S. The van der Waals surface area contributed by atoms with Crippen LogP contribution in [0.4, 0.5) is 0 Å². The maximum atomic E-state index is 7.24. The lowest BCUT2D eigenvalue weighted by atomic mass is 10.3. The summed E-state index contributed by atoms with van der Waals surface area (Å²) < 4.78 is 0. The second-order valence-electron chi connectivity index (χ2n) is 3.45. The monoisotopic (exact) mass is 258 g/mol. The Labute approximate surface area is 104 Å². The Hall–Kier alpha value is -1.07. The van der Waals surface area contributed by atoms with E-state index in [0.29, 0.717) is 17.9 Å². The Balaban J connectivity index is 2.69. The van der Waals surface area contributed by atoms with E-state index in [1.165, 1.54) is 0 Å². The van der Waals surface area contributed by atoms with Crippen LogP contribution >= 0.6 is 22.9 Å². The Morgan fingerprint density at radius 2 is 2.19 bits per heavy atom. The molecule has 16 heavy (non-hydrogen) atoms. The molecule has 0 bridgehead atoms. The first-order valence-electron chi connectivity index (χ1n) is 4.79. The molecule has 0 saturated carbocycles. The van der Waals surface area contributed by atoms with Gasteiger partial charge in [-0.3, -0.25) is 5.41 Å². The van der Waals surface area contributed by atoms with Crippen LogP contribution in [0.2, 0.25) is 0 Å². The van der Waals surface area contributed by atoms with Crippen LogP contribution in [0.5, 0.6) is 0 Å². The number of nitrogens with two attached hydrogens (primary N) is 1. The fourth-order valence-electron chi connectivity index (χ4n) is 1.16. The van der Waals surface area contributed by atoms with Gasteiger partial charge in [-0.15, -0.1) is 11.3 Å². The highest BCUT2D eigenvalue weighted by molar-refractivity contribution is 7.11. The first-order chi connectivity index (χ1) is 7.41. The van der Waals surface area contributed by atoms with E-state index in [9.17, 15) is 0 Å². The maximum Gasteiger partial charge on any atom is 0.127 e. The maximum absolute atomic E-state index is 7.24. The van der Waals surface area contributed by atoms with Gasteiger partial charge in [0.05, 0.1) is 17.2 Å². The minimum absolute atomic E-state index is 0.0396. The third-order valence-electron chi connectivity index (χ3n) is 2.17. The van der Waals surface area contributed by atoms with E-state index in [2.05, 4.69) is 10.3 Å². The van der Waals surface area contributed by atoms with Gasteiger partial charge >= 0.3 is 0 Å². The van der Waals surface area contributed by atoms with E-state index >= 15 is 0 Å². The van der Waals surface area contributed by atoms with E-state index in [-0.39, 0.29) is 5.17 Å². The van der Waals surface area contributed by atoms with Gasteiger partial charge < -0.3 is 11.1 Å². The zero-order valence-electron chi connectivity index (χ0n) is 9.52. The normalized spacial score (nSPS) is 12.2. The fourth-order valence-corrected chi connectivity index (χ4v) is 2.14. The molecule has 4 nitrogen and oxygen atoms in total. The first kappa shape index (κ1) is 13.0. The van der Waals surface area contributed by atoms with Crippen molar-refractivity contribution in [1.82, 2.24) is 10.3 Å². The fraction of sp³-hybridized carbons (Fsp3) is 0.400. The number of halogens is 1. The number of rotatable bonds is 4. The molecule has 0 amide bonds. The van der Waals surface area contributed by atoms with Gasteiger partial charge in [0.25, 0.3) is 0 Å². The summed E-state index contributed by atoms with van der Waals surface area (Å²) in [5, 5.41) is 11.3. The number of nitrogens with zero attached hydrogens (tertiary/aromatic N) is 1. The molecular weight excluding hydrogens is 244 g/mol. The van der Waals surface area contributed by atoms with Crippen LogP contribution in [0.3, 0.4) is 0 Å². The summed E-state index contributed by atoms with van der Waals surface area (Å²) in [6.45, 7) is 6.27. The van der Waals surface area contributed by atoms with Crippen LogP contribution in [0.15, 0.2) is 11.4 Å². The highest BCUT2D eigenvalue weighted by Crippen LogP contribution is 2.16. The van der Waals surface area contributed by atoms with Crippen LogP contribution in [0.1, 0.15) is 22.5 Å². The van der Waals surface area contributed by atoms with Crippen molar-refractivity contribution in [3.63, 3.8) is 0 Å². The molecule has 1 rings (SSSR count). The lowest BCUT2D eigenvalue weighted by Gasteiger charge is -2.08. The van der Waals surface area contributed by atoms with Crippen LogP contribution in [-0.2, 0) is 6.54 Å². The van der Waals surface area contributed by atoms with E-state index in [4.69, 9.17) is 22.7 Å². The number of aryl methyl sites for hydroxylation is 2. The zero-order valence-corrected chi connectivity index (χ0v) is 11.1. The highest BCUT2D eigenvalue weighted by atomic mass is 35.5. The van der Waals surface area contributed by atoms with Crippen molar-refractivity contribution in [1.29, 1.82) is 5.41 Å². The second kappa shape index (κ2) is 5.32. The van der Waals surface area contributed by atoms with Crippen molar-refractivity contribution in [3.8, 4) is 0 Å². The molecule has 1 aromatic rings. The number of thiazole rings is 1. The van der Waals surface area contributed by atoms with Crippen LogP contribution < -0.4 is 11.1 Å². The molecule has 0 spiro atoms. The van der Waals surface area contributed by atoms with Crippen LogP contribution in [-0.4, -0.2) is 10.2 Å². The van der Waals surface area contributed by atoms with Gasteiger partial charge in [-0.05, 0) is 20.8 Å². The van der Waals surface area contributed by atoms with Crippen molar-refractivity contribution >= 4 is 28.1 Å². The minimum Gasteiger partial charge on any atom is -0.385 e. The average Bonchev–Trinajstić information content (AvgIpc) is 2.52. The van der Waals surface area contributed by atoms with Gasteiger partial charge in [0.1, 0.15) is 11.0 Å². The highest BCUT2D eigenvalue weighted by Gasteiger charge is 2.06. The van der Waals surface area contributed by atoms with E-state index in [0.717, 1.165) is 15.6 Å². The number of allylic oxidation sites excluding steroid dienone is 1. The topological polar surface area (TPSA) is 74.8 Å². The van der Waals surface area contributed by atoms with Gasteiger partial charge in [-0.2, -0.15) is 0 Å². The summed E-state index contributed by atoms with van der Waals surface area (Å²) in [6.07, 6.45) is 0. The Morgan fingerprint density at radius 1 is 1.56 bits per heavy atom. The molecule has 1 heterocycles. The molecule has 0 aromatic carbocycles. The lowest BCUT2D eigenvalue weighted by molar-refractivity contribution is 0.797. The summed E-state index contributed by atoms with van der Waals surface area (Å²) in [4.78, 5) is 5.47. The van der Waals surface area contributed by atoms with E-state index in [1.54, 1.807) is 18.3 Å². The Morgan fingerprint density at radius 3 is 2.62 bits per heavy atom. The summed E-state index contributed by atoms with van der Waals surface area (Å²) in [5.74, 6) is 0.436. The zero-order chi connectivity index (χ0) is 12.3. The van der Waals surface area contributed by atoms with Crippen molar-refractivity contribution in [3.05, 3.63) is 27.0 Å². The average molecular weight is 259 g/mol. The molecule has 0 aliphatic heterocycles. The standard InChI is InChI=1S/C10H15ClN4S/c1-5(9(11)12)10(13)14-4-8-6(2)15-7(3)16-8/h12,14H,4,13H2,1-3H3/b10-5+,12-9?. The smallest absolute Gasteiger partial charge is 0.127 e. The lowest BCUT2D eigenvalue weighted by Crippen LogP contribution is -2.22. The van der Waals surface area contributed by atoms with Crippen LogP contribution in [0.25, 0.3) is 0 Å². The van der Waals surface area contributed by atoms with Gasteiger partial charge in [-0.25, -0.2) is 4.98 Å². The molecule has 0 radical (unpaired) electrons. The molecule has 6 heteroatoms. The number of nitrogens with one attached hydrogen (secondary N) is 2. The van der Waals surface area contributed by atoms with Gasteiger partial charge in [-0.1, -0.05) is 11.6 Å². The van der Waals surface area contributed by atoms with Gasteiger partial charge in [0, 0.05) is 10.5 Å². The van der Waals surface area contributed by atoms with Crippen molar-refractivity contribution in [2.75, 3.05) is 0 Å².